The third kappa shape index (κ3) is 11.3. The number of likely N-dealkylation sites (tertiary alicyclic amines) is 1. The summed E-state index contributed by atoms with van der Waals surface area (Å²) in [6.45, 7) is 5.48. The smallest absolute Gasteiger partial charge is 0.0755 e. The zero-order valence-electron chi connectivity index (χ0n) is 14.7. The molecule has 2 N–H and O–H groups in total. The van der Waals surface area contributed by atoms with Gasteiger partial charge in [0.25, 0.3) is 0 Å². The molecule has 0 radical (unpaired) electrons. The molecule has 1 aliphatic rings. The predicted molar refractivity (Wildman–Crippen MR) is 98.5 cm³/mol. The molecule has 1 aliphatic heterocycles. The Kier molecular flexibility index (Phi) is 11.9. The van der Waals surface area contributed by atoms with Gasteiger partial charge < -0.3 is 15.1 Å². The molecular weight excluding hydrogens is 286 g/mol. The maximum absolute atomic E-state index is 9.97. The second-order valence-corrected chi connectivity index (χ2v) is 6.37. The summed E-state index contributed by atoms with van der Waals surface area (Å²) in [6.07, 6.45) is 19.6. The highest BCUT2D eigenvalue weighted by Gasteiger charge is 2.10. The number of allylic oxidation sites excluding steroid dienone is 3. The van der Waals surface area contributed by atoms with Crippen LogP contribution in [0.15, 0.2) is 36.5 Å². The molecule has 0 unspecified atom stereocenters. The third-order valence-electron chi connectivity index (χ3n) is 4.19. The van der Waals surface area contributed by atoms with Crippen LogP contribution >= 0.6 is 0 Å². The van der Waals surface area contributed by atoms with E-state index in [1.54, 1.807) is 0 Å². The number of nitrogens with zero attached hydrogens (tertiary/aromatic N) is 1. The molecule has 2 atom stereocenters. The third-order valence-corrected chi connectivity index (χ3v) is 4.19. The zero-order chi connectivity index (χ0) is 16.8. The van der Waals surface area contributed by atoms with Gasteiger partial charge in [0.15, 0.2) is 0 Å². The van der Waals surface area contributed by atoms with Gasteiger partial charge in [0, 0.05) is 6.54 Å². The molecule has 0 bridgehead atoms. The number of aliphatic hydroxyl groups excluding tert-OH is 2. The van der Waals surface area contributed by atoms with Crippen molar-refractivity contribution in [3.8, 4) is 0 Å². The fraction of sp³-hybridized carbons (Fsp3) is 0.700. The van der Waals surface area contributed by atoms with Gasteiger partial charge in [-0.2, -0.15) is 0 Å². The van der Waals surface area contributed by atoms with Gasteiger partial charge in [-0.3, -0.25) is 0 Å². The summed E-state index contributed by atoms with van der Waals surface area (Å²) in [5.41, 5.74) is 0. The van der Waals surface area contributed by atoms with Crippen molar-refractivity contribution in [1.82, 2.24) is 4.90 Å². The molecule has 0 spiro atoms. The minimum absolute atomic E-state index is 0.328. The molecule has 1 heterocycles. The lowest BCUT2D eigenvalue weighted by molar-refractivity contribution is 0.164. The van der Waals surface area contributed by atoms with E-state index in [2.05, 4.69) is 24.0 Å². The average molecular weight is 322 g/mol. The average Bonchev–Trinajstić information content (AvgIpc) is 2.57. The molecule has 3 heteroatoms. The lowest BCUT2D eigenvalue weighted by Crippen LogP contribution is -2.32. The van der Waals surface area contributed by atoms with E-state index in [1.165, 1.54) is 32.4 Å². The molecule has 0 aromatic heterocycles. The minimum atomic E-state index is -0.378. The largest absolute Gasteiger partial charge is 0.389 e. The summed E-state index contributed by atoms with van der Waals surface area (Å²) in [6, 6.07) is 0. The quantitative estimate of drug-likeness (QED) is 0.449. The second kappa shape index (κ2) is 13.5. The molecule has 0 aromatic carbocycles. The van der Waals surface area contributed by atoms with Crippen molar-refractivity contribution in [3.63, 3.8) is 0 Å². The molecular formula is C20H35NO2. The van der Waals surface area contributed by atoms with Gasteiger partial charge in [0.2, 0.25) is 0 Å². The fourth-order valence-electron chi connectivity index (χ4n) is 2.77. The summed E-state index contributed by atoms with van der Waals surface area (Å²) in [4.78, 5) is 2.46. The number of piperidine rings is 1. The Bertz CT molecular complexity index is 357. The van der Waals surface area contributed by atoms with Crippen molar-refractivity contribution in [1.29, 1.82) is 0 Å². The Morgan fingerprint density at radius 3 is 2.17 bits per heavy atom. The summed E-state index contributed by atoms with van der Waals surface area (Å²) in [5, 5.41) is 19.7. The van der Waals surface area contributed by atoms with Crippen LogP contribution in [0.3, 0.4) is 0 Å². The van der Waals surface area contributed by atoms with Gasteiger partial charge in [0.1, 0.15) is 0 Å². The van der Waals surface area contributed by atoms with E-state index in [0.717, 1.165) is 32.2 Å². The van der Waals surface area contributed by atoms with Crippen molar-refractivity contribution in [2.24, 2.45) is 0 Å². The maximum atomic E-state index is 9.97. The molecule has 1 fully saturated rings. The van der Waals surface area contributed by atoms with Crippen molar-refractivity contribution in [3.05, 3.63) is 36.5 Å². The van der Waals surface area contributed by atoms with Gasteiger partial charge in [-0.05, 0) is 58.0 Å². The van der Waals surface area contributed by atoms with Crippen molar-refractivity contribution >= 4 is 0 Å². The van der Waals surface area contributed by atoms with Crippen LogP contribution < -0.4 is 0 Å². The van der Waals surface area contributed by atoms with E-state index in [9.17, 15) is 10.2 Å². The maximum Gasteiger partial charge on any atom is 0.0755 e. The molecule has 3 nitrogen and oxygen atoms in total. The number of unbranched alkanes of at least 4 members (excludes halogenated alkanes) is 1. The Morgan fingerprint density at radius 1 is 0.870 bits per heavy atom. The Hall–Kier alpha value is -0.900. The van der Waals surface area contributed by atoms with E-state index >= 15 is 0 Å². The molecule has 1 saturated heterocycles. The Labute approximate surface area is 142 Å². The number of aliphatic hydroxyl groups is 2. The fourth-order valence-corrected chi connectivity index (χ4v) is 2.77. The lowest BCUT2D eigenvalue weighted by atomic mass is 10.1. The monoisotopic (exact) mass is 321 g/mol. The Morgan fingerprint density at radius 2 is 1.52 bits per heavy atom. The van der Waals surface area contributed by atoms with Gasteiger partial charge in [-0.25, -0.2) is 0 Å². The summed E-state index contributed by atoms with van der Waals surface area (Å²) >= 11 is 0. The predicted octanol–water partition coefficient (Wildman–Crippen LogP) is 3.83. The van der Waals surface area contributed by atoms with Crippen LogP contribution in [0, 0.1) is 0 Å². The first-order valence-electron chi connectivity index (χ1n) is 9.29. The van der Waals surface area contributed by atoms with Crippen LogP contribution in [0.2, 0.25) is 0 Å². The van der Waals surface area contributed by atoms with Crippen molar-refractivity contribution < 1.29 is 10.2 Å². The van der Waals surface area contributed by atoms with E-state index in [1.807, 2.05) is 24.3 Å². The van der Waals surface area contributed by atoms with Crippen LogP contribution in [0.1, 0.15) is 58.3 Å². The van der Waals surface area contributed by atoms with Crippen LogP contribution in [0.4, 0.5) is 0 Å². The van der Waals surface area contributed by atoms with Gasteiger partial charge in [0.05, 0.1) is 12.2 Å². The van der Waals surface area contributed by atoms with E-state index in [0.29, 0.717) is 6.42 Å². The highest BCUT2D eigenvalue weighted by Crippen LogP contribution is 2.10. The number of hydrogen-bond donors (Lipinski definition) is 2. The zero-order valence-corrected chi connectivity index (χ0v) is 14.7. The lowest BCUT2D eigenvalue weighted by Gasteiger charge is -2.26. The van der Waals surface area contributed by atoms with Gasteiger partial charge in [-0.15, -0.1) is 0 Å². The standard InChI is InChI=1S/C20H35NO2/c1-2-3-7-12-19(22)13-8-4-5-9-14-20(23)15-18-21-16-10-6-11-17-21/h3,7-9,13-14,19-20,22-23H,2,4-6,10-12,15-18H2,1H3/b7-3-,13-8-,14-9+/t19-,20-/m0/s1. The first-order chi connectivity index (χ1) is 11.2. The molecule has 0 amide bonds. The van der Waals surface area contributed by atoms with Gasteiger partial charge in [-0.1, -0.05) is 49.8 Å². The van der Waals surface area contributed by atoms with Crippen LogP contribution in [0.5, 0.6) is 0 Å². The molecule has 23 heavy (non-hydrogen) atoms. The molecule has 0 aliphatic carbocycles. The normalized spacial score (nSPS) is 20.0. The molecule has 0 saturated carbocycles. The number of rotatable bonds is 11. The SMILES string of the molecule is CC/C=C\C[C@H](O)/C=C\CC/C=C/[C@H](O)CCN1CCCCC1. The first-order valence-corrected chi connectivity index (χ1v) is 9.29. The van der Waals surface area contributed by atoms with E-state index in [-0.39, 0.29) is 12.2 Å². The summed E-state index contributed by atoms with van der Waals surface area (Å²) in [5.74, 6) is 0. The van der Waals surface area contributed by atoms with Crippen LogP contribution in [0.25, 0.3) is 0 Å². The van der Waals surface area contributed by atoms with Crippen LogP contribution in [-0.2, 0) is 0 Å². The van der Waals surface area contributed by atoms with E-state index in [4.69, 9.17) is 0 Å². The molecule has 0 aromatic rings. The van der Waals surface area contributed by atoms with Crippen molar-refractivity contribution in [2.45, 2.75) is 70.5 Å². The Balaban J connectivity index is 2.04. The number of hydrogen-bond acceptors (Lipinski definition) is 3. The second-order valence-electron chi connectivity index (χ2n) is 6.37. The van der Waals surface area contributed by atoms with Crippen molar-refractivity contribution in [2.75, 3.05) is 19.6 Å². The molecule has 1 rings (SSSR count). The van der Waals surface area contributed by atoms with Crippen LogP contribution in [-0.4, -0.2) is 47.0 Å². The van der Waals surface area contributed by atoms with E-state index < -0.39 is 0 Å². The summed E-state index contributed by atoms with van der Waals surface area (Å²) < 4.78 is 0. The highest BCUT2D eigenvalue weighted by molar-refractivity contribution is 4.96. The van der Waals surface area contributed by atoms with Gasteiger partial charge >= 0.3 is 0 Å². The topological polar surface area (TPSA) is 43.7 Å². The summed E-state index contributed by atoms with van der Waals surface area (Å²) in [7, 11) is 0. The molecule has 132 valence electrons. The first kappa shape index (κ1) is 20.1. The minimum Gasteiger partial charge on any atom is -0.389 e. The highest BCUT2D eigenvalue weighted by atomic mass is 16.3.